The minimum Gasteiger partial charge on any atom is -0.306 e. The minimum atomic E-state index is -0.247. The van der Waals surface area contributed by atoms with E-state index in [1.165, 1.54) is 12.1 Å². The van der Waals surface area contributed by atoms with Crippen LogP contribution in [0.25, 0.3) is 0 Å². The predicted molar refractivity (Wildman–Crippen MR) is 90.4 cm³/mol. The van der Waals surface area contributed by atoms with Crippen LogP contribution in [0.1, 0.15) is 27.3 Å². The maximum atomic E-state index is 13.2. The van der Waals surface area contributed by atoms with Gasteiger partial charge < -0.3 is 5.32 Å². The Morgan fingerprint density at radius 1 is 1.08 bits per heavy atom. The Hall–Kier alpha value is -3.08. The highest BCUT2D eigenvalue weighted by atomic mass is 19.1. The zero-order valence-corrected chi connectivity index (χ0v) is 13.2. The fourth-order valence-corrected chi connectivity index (χ4v) is 2.37. The molecule has 0 saturated carbocycles. The van der Waals surface area contributed by atoms with Crippen LogP contribution in [-0.4, -0.2) is 15.9 Å². The van der Waals surface area contributed by atoms with Gasteiger partial charge >= 0.3 is 0 Å². The summed E-state index contributed by atoms with van der Waals surface area (Å²) in [6.45, 7) is 1.76. The standard InChI is InChI=1S/C19H16FN3O/c1-13-21-10-9-18(22-13)23-19(24)16-7-5-14(6-8-16)11-15-3-2-4-17(20)12-15/h2-10,12H,11H2,1H3,(H,21,22,23,24). The molecule has 4 nitrogen and oxygen atoms in total. The monoisotopic (exact) mass is 321 g/mol. The summed E-state index contributed by atoms with van der Waals surface area (Å²) in [7, 11) is 0. The number of hydrogen-bond acceptors (Lipinski definition) is 3. The van der Waals surface area contributed by atoms with Crippen LogP contribution in [0, 0.1) is 12.7 Å². The third kappa shape index (κ3) is 4.01. The van der Waals surface area contributed by atoms with E-state index in [1.807, 2.05) is 18.2 Å². The molecule has 0 saturated heterocycles. The first-order valence-electron chi connectivity index (χ1n) is 7.54. The third-order valence-electron chi connectivity index (χ3n) is 3.53. The van der Waals surface area contributed by atoms with Crippen molar-refractivity contribution >= 4 is 11.7 Å². The lowest BCUT2D eigenvalue weighted by Gasteiger charge is -2.06. The summed E-state index contributed by atoms with van der Waals surface area (Å²) >= 11 is 0. The van der Waals surface area contributed by atoms with Crippen LogP contribution < -0.4 is 5.32 Å². The highest BCUT2D eigenvalue weighted by Gasteiger charge is 2.07. The summed E-state index contributed by atoms with van der Waals surface area (Å²) < 4.78 is 13.2. The fraction of sp³-hybridized carbons (Fsp3) is 0.105. The molecule has 1 aromatic heterocycles. The molecule has 1 N–H and O–H groups in total. The number of hydrogen-bond donors (Lipinski definition) is 1. The summed E-state index contributed by atoms with van der Waals surface area (Å²) in [4.78, 5) is 20.3. The van der Waals surface area contributed by atoms with Gasteiger partial charge in [-0.25, -0.2) is 14.4 Å². The average molecular weight is 321 g/mol. The summed E-state index contributed by atoms with van der Waals surface area (Å²) in [5.74, 6) is 0.587. The third-order valence-corrected chi connectivity index (χ3v) is 3.53. The molecule has 3 rings (SSSR count). The van der Waals surface area contributed by atoms with Gasteiger partial charge in [-0.1, -0.05) is 24.3 Å². The second-order valence-electron chi connectivity index (χ2n) is 5.45. The lowest BCUT2D eigenvalue weighted by Crippen LogP contribution is -2.13. The summed E-state index contributed by atoms with van der Waals surface area (Å²) in [5.41, 5.74) is 2.44. The number of amides is 1. The van der Waals surface area contributed by atoms with Gasteiger partial charge in [-0.3, -0.25) is 4.79 Å². The van der Waals surface area contributed by atoms with Gasteiger partial charge in [-0.2, -0.15) is 0 Å². The first-order valence-corrected chi connectivity index (χ1v) is 7.54. The van der Waals surface area contributed by atoms with Gasteiger partial charge in [0.1, 0.15) is 17.5 Å². The average Bonchev–Trinajstić information content (AvgIpc) is 2.55. The minimum absolute atomic E-state index is 0.231. The molecule has 1 heterocycles. The number of aromatic nitrogens is 2. The number of anilines is 1. The quantitative estimate of drug-likeness (QED) is 0.796. The topological polar surface area (TPSA) is 54.9 Å². The Morgan fingerprint density at radius 2 is 1.88 bits per heavy atom. The molecule has 3 aromatic rings. The van der Waals surface area contributed by atoms with Gasteiger partial charge in [0.15, 0.2) is 0 Å². The number of aryl methyl sites for hydroxylation is 1. The molecule has 2 aromatic carbocycles. The van der Waals surface area contributed by atoms with Crippen molar-refractivity contribution in [2.45, 2.75) is 13.3 Å². The molecule has 0 aliphatic carbocycles. The van der Waals surface area contributed by atoms with Crippen LogP contribution >= 0.6 is 0 Å². The molecule has 5 heteroatoms. The Bertz CT molecular complexity index is 862. The van der Waals surface area contributed by atoms with Crippen LogP contribution in [0.2, 0.25) is 0 Å². The molecule has 120 valence electrons. The van der Waals surface area contributed by atoms with E-state index in [4.69, 9.17) is 0 Å². The zero-order valence-electron chi connectivity index (χ0n) is 13.2. The smallest absolute Gasteiger partial charge is 0.256 e. The zero-order chi connectivity index (χ0) is 16.9. The Morgan fingerprint density at radius 3 is 2.58 bits per heavy atom. The van der Waals surface area contributed by atoms with Crippen molar-refractivity contribution < 1.29 is 9.18 Å². The van der Waals surface area contributed by atoms with Crippen molar-refractivity contribution in [2.24, 2.45) is 0 Å². The van der Waals surface area contributed by atoms with Crippen molar-refractivity contribution in [1.82, 2.24) is 9.97 Å². The lowest BCUT2D eigenvalue weighted by molar-refractivity contribution is 0.102. The van der Waals surface area contributed by atoms with Gasteiger partial charge in [-0.05, 0) is 54.8 Å². The largest absolute Gasteiger partial charge is 0.306 e. The van der Waals surface area contributed by atoms with Gasteiger partial charge in [0.2, 0.25) is 0 Å². The summed E-state index contributed by atoms with van der Waals surface area (Å²) in [6, 6.07) is 15.4. The Balaban J connectivity index is 1.68. The van der Waals surface area contributed by atoms with E-state index in [-0.39, 0.29) is 11.7 Å². The van der Waals surface area contributed by atoms with Gasteiger partial charge in [0.05, 0.1) is 0 Å². The fourth-order valence-electron chi connectivity index (χ4n) is 2.37. The van der Waals surface area contributed by atoms with Crippen LogP contribution in [0.4, 0.5) is 10.2 Å². The molecule has 0 spiro atoms. The molecular formula is C19H16FN3O. The van der Waals surface area contributed by atoms with Crippen LogP contribution in [0.15, 0.2) is 60.8 Å². The van der Waals surface area contributed by atoms with Crippen molar-refractivity contribution in [1.29, 1.82) is 0 Å². The number of carbonyl (C=O) groups excluding carboxylic acids is 1. The normalized spacial score (nSPS) is 10.4. The maximum Gasteiger partial charge on any atom is 0.256 e. The van der Waals surface area contributed by atoms with Crippen molar-refractivity contribution in [3.05, 3.63) is 89.1 Å². The SMILES string of the molecule is Cc1nccc(NC(=O)c2ccc(Cc3cccc(F)c3)cc2)n1. The molecule has 0 radical (unpaired) electrons. The lowest BCUT2D eigenvalue weighted by atomic mass is 10.0. The maximum absolute atomic E-state index is 13.2. The van der Waals surface area contributed by atoms with Gasteiger partial charge in [0.25, 0.3) is 5.91 Å². The first-order chi connectivity index (χ1) is 11.6. The molecule has 0 bridgehead atoms. The predicted octanol–water partition coefficient (Wildman–Crippen LogP) is 3.77. The number of carbonyl (C=O) groups is 1. The van der Waals surface area contributed by atoms with Crippen molar-refractivity contribution in [3.8, 4) is 0 Å². The van der Waals surface area contributed by atoms with E-state index in [1.54, 1.807) is 37.4 Å². The Labute approximate surface area is 139 Å². The molecule has 0 unspecified atom stereocenters. The summed E-state index contributed by atoms with van der Waals surface area (Å²) in [6.07, 6.45) is 2.21. The highest BCUT2D eigenvalue weighted by Crippen LogP contribution is 2.13. The number of nitrogens with one attached hydrogen (secondary N) is 1. The number of benzene rings is 2. The number of rotatable bonds is 4. The highest BCUT2D eigenvalue weighted by molar-refractivity contribution is 6.03. The molecular weight excluding hydrogens is 305 g/mol. The molecule has 0 aliphatic rings. The van der Waals surface area contributed by atoms with Crippen LogP contribution in [0.3, 0.4) is 0 Å². The van der Waals surface area contributed by atoms with Crippen molar-refractivity contribution in [2.75, 3.05) is 5.32 Å². The molecule has 1 amide bonds. The van der Waals surface area contributed by atoms with Crippen LogP contribution in [0.5, 0.6) is 0 Å². The molecule has 24 heavy (non-hydrogen) atoms. The van der Waals surface area contributed by atoms with E-state index in [9.17, 15) is 9.18 Å². The van der Waals surface area contributed by atoms with E-state index < -0.39 is 0 Å². The van der Waals surface area contributed by atoms with E-state index in [0.29, 0.717) is 23.6 Å². The van der Waals surface area contributed by atoms with Gasteiger partial charge in [-0.15, -0.1) is 0 Å². The number of nitrogens with zero attached hydrogens (tertiary/aromatic N) is 2. The Kier molecular flexibility index (Phi) is 4.61. The second kappa shape index (κ2) is 7.00. The molecule has 0 atom stereocenters. The first kappa shape index (κ1) is 15.8. The van der Waals surface area contributed by atoms with E-state index in [0.717, 1.165) is 11.1 Å². The van der Waals surface area contributed by atoms with E-state index in [2.05, 4.69) is 15.3 Å². The molecule has 0 fully saturated rings. The molecule has 0 aliphatic heterocycles. The van der Waals surface area contributed by atoms with Gasteiger partial charge in [0, 0.05) is 11.8 Å². The van der Waals surface area contributed by atoms with Crippen LogP contribution in [-0.2, 0) is 6.42 Å². The summed E-state index contributed by atoms with van der Waals surface area (Å²) in [5, 5.41) is 2.74. The second-order valence-corrected chi connectivity index (χ2v) is 5.45. The number of halogens is 1. The van der Waals surface area contributed by atoms with Crippen molar-refractivity contribution in [3.63, 3.8) is 0 Å². The van der Waals surface area contributed by atoms with E-state index >= 15 is 0 Å².